The molecule has 1 aromatic rings. The molecule has 0 bridgehead atoms. The Labute approximate surface area is 92.1 Å². The first-order valence-electron chi connectivity index (χ1n) is 4.86. The van der Waals surface area contributed by atoms with Crippen molar-refractivity contribution in [3.05, 3.63) is 16.1 Å². The average Bonchev–Trinajstić information content (AvgIpc) is 2.67. The Balaban J connectivity index is 1.92. The number of nitrogens with zero attached hydrogens (tertiary/aromatic N) is 1. The molecule has 0 N–H and O–H groups in total. The van der Waals surface area contributed by atoms with E-state index >= 15 is 0 Å². The SMILES string of the molecule is O=Cc1cnc(CC2CCCSC2)s1. The van der Waals surface area contributed by atoms with Crippen molar-refractivity contribution in [2.24, 2.45) is 5.92 Å². The van der Waals surface area contributed by atoms with Gasteiger partial charge in [-0.2, -0.15) is 11.8 Å². The van der Waals surface area contributed by atoms with Crippen LogP contribution in [0.2, 0.25) is 0 Å². The number of carbonyl (C=O) groups excluding carboxylic acids is 1. The van der Waals surface area contributed by atoms with Crippen LogP contribution in [-0.2, 0) is 6.42 Å². The highest BCUT2D eigenvalue weighted by Crippen LogP contribution is 2.26. The monoisotopic (exact) mass is 227 g/mol. The molecule has 0 saturated carbocycles. The van der Waals surface area contributed by atoms with Gasteiger partial charge in [-0.05, 0) is 30.3 Å². The minimum atomic E-state index is 0.753. The predicted octanol–water partition coefficient (Wildman–Crippen LogP) is 2.64. The van der Waals surface area contributed by atoms with Gasteiger partial charge in [0, 0.05) is 12.6 Å². The molecule has 0 amide bonds. The Morgan fingerprint density at radius 2 is 2.57 bits per heavy atom. The lowest BCUT2D eigenvalue weighted by Gasteiger charge is -2.19. The summed E-state index contributed by atoms with van der Waals surface area (Å²) in [6, 6.07) is 0. The summed E-state index contributed by atoms with van der Waals surface area (Å²) in [4.78, 5) is 15.5. The van der Waals surface area contributed by atoms with Gasteiger partial charge >= 0.3 is 0 Å². The van der Waals surface area contributed by atoms with Crippen molar-refractivity contribution in [3.63, 3.8) is 0 Å². The third-order valence-electron chi connectivity index (χ3n) is 2.41. The average molecular weight is 227 g/mol. The van der Waals surface area contributed by atoms with Gasteiger partial charge in [-0.15, -0.1) is 11.3 Å². The summed E-state index contributed by atoms with van der Waals surface area (Å²) in [6.45, 7) is 0. The molecular formula is C10H13NOS2. The second-order valence-corrected chi connectivity index (χ2v) is 5.86. The van der Waals surface area contributed by atoms with Gasteiger partial charge in [0.25, 0.3) is 0 Å². The van der Waals surface area contributed by atoms with Gasteiger partial charge < -0.3 is 0 Å². The van der Waals surface area contributed by atoms with Crippen LogP contribution < -0.4 is 0 Å². The molecule has 1 atom stereocenters. The Morgan fingerprint density at radius 3 is 3.21 bits per heavy atom. The number of hydrogen-bond donors (Lipinski definition) is 0. The van der Waals surface area contributed by atoms with Gasteiger partial charge in [0.05, 0.1) is 9.88 Å². The van der Waals surface area contributed by atoms with Gasteiger partial charge in [0.2, 0.25) is 0 Å². The second-order valence-electron chi connectivity index (χ2n) is 3.56. The molecule has 2 heterocycles. The van der Waals surface area contributed by atoms with Crippen LogP contribution >= 0.6 is 23.1 Å². The Hall–Kier alpha value is -0.350. The molecule has 0 radical (unpaired) electrons. The molecule has 2 rings (SSSR count). The fourth-order valence-corrected chi connectivity index (χ4v) is 3.69. The van der Waals surface area contributed by atoms with Crippen LogP contribution in [0, 0.1) is 5.92 Å². The molecule has 1 unspecified atom stereocenters. The van der Waals surface area contributed by atoms with Gasteiger partial charge in [0.15, 0.2) is 6.29 Å². The number of carbonyl (C=O) groups is 1. The summed E-state index contributed by atoms with van der Waals surface area (Å²) < 4.78 is 0. The number of thiazole rings is 1. The van der Waals surface area contributed by atoms with Crippen molar-refractivity contribution in [1.82, 2.24) is 4.98 Å². The molecule has 2 nitrogen and oxygen atoms in total. The molecule has 0 spiro atoms. The van der Waals surface area contributed by atoms with E-state index in [0.29, 0.717) is 0 Å². The number of hydrogen-bond acceptors (Lipinski definition) is 4. The van der Waals surface area contributed by atoms with E-state index in [9.17, 15) is 4.79 Å². The molecule has 14 heavy (non-hydrogen) atoms. The topological polar surface area (TPSA) is 30.0 Å². The molecule has 0 aliphatic carbocycles. The zero-order valence-electron chi connectivity index (χ0n) is 7.94. The summed E-state index contributed by atoms with van der Waals surface area (Å²) in [6.07, 6.45) is 6.29. The first-order chi connectivity index (χ1) is 6.88. The lowest BCUT2D eigenvalue weighted by molar-refractivity contribution is 0.112. The lowest BCUT2D eigenvalue weighted by atomic mass is 10.0. The third kappa shape index (κ3) is 2.58. The van der Waals surface area contributed by atoms with Crippen molar-refractivity contribution in [3.8, 4) is 0 Å². The Kier molecular flexibility index (Phi) is 3.59. The molecule has 76 valence electrons. The highest BCUT2D eigenvalue weighted by Gasteiger charge is 2.15. The second kappa shape index (κ2) is 4.94. The fraction of sp³-hybridized carbons (Fsp3) is 0.600. The first kappa shape index (κ1) is 10.2. The largest absolute Gasteiger partial charge is 0.297 e. The first-order valence-corrected chi connectivity index (χ1v) is 6.83. The van der Waals surface area contributed by atoms with Crippen LogP contribution in [0.3, 0.4) is 0 Å². The summed E-state index contributed by atoms with van der Waals surface area (Å²) >= 11 is 3.58. The summed E-state index contributed by atoms with van der Waals surface area (Å²) in [5.74, 6) is 3.35. The zero-order chi connectivity index (χ0) is 9.80. The van der Waals surface area contributed by atoms with E-state index < -0.39 is 0 Å². The van der Waals surface area contributed by atoms with E-state index in [0.717, 1.165) is 28.5 Å². The van der Waals surface area contributed by atoms with Gasteiger partial charge in [-0.1, -0.05) is 0 Å². The van der Waals surface area contributed by atoms with Crippen LogP contribution in [0.4, 0.5) is 0 Å². The maximum absolute atomic E-state index is 10.5. The van der Waals surface area contributed by atoms with Crippen molar-refractivity contribution in [2.75, 3.05) is 11.5 Å². The minimum Gasteiger partial charge on any atom is -0.297 e. The third-order valence-corrected chi connectivity index (χ3v) is 4.63. The summed E-state index contributed by atoms with van der Waals surface area (Å²) in [7, 11) is 0. The summed E-state index contributed by atoms with van der Waals surface area (Å²) in [5, 5.41) is 1.12. The van der Waals surface area contributed by atoms with Gasteiger partial charge in [-0.25, -0.2) is 4.98 Å². The zero-order valence-corrected chi connectivity index (χ0v) is 9.57. The van der Waals surface area contributed by atoms with E-state index in [1.807, 2.05) is 11.8 Å². The van der Waals surface area contributed by atoms with Crippen LogP contribution in [0.5, 0.6) is 0 Å². The maximum atomic E-state index is 10.5. The van der Waals surface area contributed by atoms with Gasteiger partial charge in [-0.3, -0.25) is 4.79 Å². The molecule has 0 aromatic carbocycles. The molecular weight excluding hydrogens is 214 g/mol. The maximum Gasteiger partial charge on any atom is 0.161 e. The highest BCUT2D eigenvalue weighted by molar-refractivity contribution is 7.99. The Morgan fingerprint density at radius 1 is 1.64 bits per heavy atom. The molecule has 1 aliphatic rings. The number of rotatable bonds is 3. The van der Waals surface area contributed by atoms with E-state index in [-0.39, 0.29) is 0 Å². The minimum absolute atomic E-state index is 0.753. The quantitative estimate of drug-likeness (QED) is 0.744. The van der Waals surface area contributed by atoms with Crippen LogP contribution in [0.25, 0.3) is 0 Å². The molecule has 1 saturated heterocycles. The van der Waals surface area contributed by atoms with Crippen molar-refractivity contribution in [1.29, 1.82) is 0 Å². The molecule has 4 heteroatoms. The van der Waals surface area contributed by atoms with E-state index in [1.165, 1.54) is 35.7 Å². The van der Waals surface area contributed by atoms with E-state index in [1.54, 1.807) is 6.20 Å². The number of aldehydes is 1. The lowest BCUT2D eigenvalue weighted by Crippen LogP contribution is -2.12. The number of aromatic nitrogens is 1. The van der Waals surface area contributed by atoms with Crippen LogP contribution in [-0.4, -0.2) is 22.8 Å². The normalized spacial score (nSPS) is 22.1. The highest BCUT2D eigenvalue weighted by atomic mass is 32.2. The molecule has 1 aromatic heterocycles. The standard InChI is InChI=1S/C10H13NOS2/c12-6-9-5-11-10(14-9)4-8-2-1-3-13-7-8/h5-6,8H,1-4,7H2. The molecule has 1 fully saturated rings. The smallest absolute Gasteiger partial charge is 0.161 e. The van der Waals surface area contributed by atoms with Crippen molar-refractivity contribution < 1.29 is 4.79 Å². The Bertz CT molecular complexity index is 305. The van der Waals surface area contributed by atoms with Crippen LogP contribution in [0.15, 0.2) is 6.20 Å². The van der Waals surface area contributed by atoms with E-state index in [4.69, 9.17) is 0 Å². The van der Waals surface area contributed by atoms with E-state index in [2.05, 4.69) is 4.98 Å². The van der Waals surface area contributed by atoms with Crippen molar-refractivity contribution >= 4 is 29.4 Å². The number of thioether (sulfide) groups is 1. The van der Waals surface area contributed by atoms with Crippen LogP contribution in [0.1, 0.15) is 27.5 Å². The summed E-state index contributed by atoms with van der Waals surface area (Å²) in [5.41, 5.74) is 0. The predicted molar refractivity (Wildman–Crippen MR) is 61.3 cm³/mol. The van der Waals surface area contributed by atoms with Crippen molar-refractivity contribution in [2.45, 2.75) is 19.3 Å². The molecule has 1 aliphatic heterocycles. The fourth-order valence-electron chi connectivity index (χ4n) is 1.69. The van der Waals surface area contributed by atoms with Gasteiger partial charge in [0.1, 0.15) is 0 Å².